The Labute approximate surface area is 171 Å². The van der Waals surface area contributed by atoms with Gasteiger partial charge in [-0.2, -0.15) is 0 Å². The summed E-state index contributed by atoms with van der Waals surface area (Å²) in [5.74, 6) is -0.903. The van der Waals surface area contributed by atoms with E-state index >= 15 is 0 Å². The first-order chi connectivity index (χ1) is 14.1. The highest BCUT2D eigenvalue weighted by atomic mass is 32.1. The van der Waals surface area contributed by atoms with Crippen molar-refractivity contribution in [3.63, 3.8) is 0 Å². The maximum Gasteiger partial charge on any atom is 0.290 e. The van der Waals surface area contributed by atoms with E-state index in [1.165, 1.54) is 29.8 Å². The summed E-state index contributed by atoms with van der Waals surface area (Å²) in [6.45, 7) is 1.09. The predicted molar refractivity (Wildman–Crippen MR) is 108 cm³/mol. The van der Waals surface area contributed by atoms with Crippen LogP contribution in [0.3, 0.4) is 0 Å². The number of furan rings is 1. The number of aliphatic hydroxyl groups excluding tert-OH is 1. The number of thiophene rings is 1. The van der Waals surface area contributed by atoms with Gasteiger partial charge in [-0.25, -0.2) is 4.98 Å². The van der Waals surface area contributed by atoms with Crippen LogP contribution in [-0.2, 0) is 16.1 Å². The van der Waals surface area contributed by atoms with E-state index in [-0.39, 0.29) is 5.57 Å². The van der Waals surface area contributed by atoms with Crippen molar-refractivity contribution in [1.82, 2.24) is 14.5 Å². The lowest BCUT2D eigenvalue weighted by atomic mass is 10.0. The van der Waals surface area contributed by atoms with Crippen molar-refractivity contribution in [3.05, 3.63) is 82.7 Å². The summed E-state index contributed by atoms with van der Waals surface area (Å²) >= 11 is 1.45. The van der Waals surface area contributed by atoms with Crippen LogP contribution in [-0.4, -0.2) is 37.8 Å². The van der Waals surface area contributed by atoms with Gasteiger partial charge in [0.25, 0.3) is 5.91 Å². The second-order valence-electron chi connectivity index (χ2n) is 6.55. The van der Waals surface area contributed by atoms with Crippen LogP contribution in [0.4, 0.5) is 0 Å². The van der Waals surface area contributed by atoms with E-state index in [9.17, 15) is 14.7 Å². The summed E-state index contributed by atoms with van der Waals surface area (Å²) < 4.78 is 7.13. The number of hydrogen-bond donors (Lipinski definition) is 1. The van der Waals surface area contributed by atoms with Crippen LogP contribution in [0.2, 0.25) is 0 Å². The van der Waals surface area contributed by atoms with E-state index in [1.54, 1.807) is 29.6 Å². The van der Waals surface area contributed by atoms with Gasteiger partial charge in [0, 0.05) is 30.4 Å². The normalized spacial score (nSPS) is 17.0. The van der Waals surface area contributed by atoms with Crippen molar-refractivity contribution >= 4 is 29.1 Å². The largest absolute Gasteiger partial charge is 0.503 e. The van der Waals surface area contributed by atoms with E-state index in [1.807, 2.05) is 28.3 Å². The van der Waals surface area contributed by atoms with E-state index in [2.05, 4.69) is 4.98 Å². The molecule has 1 aliphatic heterocycles. The molecule has 0 saturated heterocycles. The molecule has 7 nitrogen and oxygen atoms in total. The third kappa shape index (κ3) is 3.93. The molecule has 1 atom stereocenters. The van der Waals surface area contributed by atoms with Gasteiger partial charge in [-0.05, 0) is 42.2 Å². The van der Waals surface area contributed by atoms with Gasteiger partial charge in [0.05, 0.1) is 24.2 Å². The highest BCUT2D eigenvalue weighted by molar-refractivity contribution is 7.10. The first-order valence-electron chi connectivity index (χ1n) is 9.14. The predicted octanol–water partition coefficient (Wildman–Crippen LogP) is 3.61. The first-order valence-corrected chi connectivity index (χ1v) is 10.0. The Morgan fingerprint density at radius 2 is 2.21 bits per heavy atom. The van der Waals surface area contributed by atoms with Gasteiger partial charge in [-0.3, -0.25) is 9.59 Å². The molecule has 0 aliphatic carbocycles. The van der Waals surface area contributed by atoms with Crippen molar-refractivity contribution in [1.29, 1.82) is 0 Å². The minimum Gasteiger partial charge on any atom is -0.503 e. The molecule has 3 aromatic rings. The zero-order valence-corrected chi connectivity index (χ0v) is 16.3. The minimum absolute atomic E-state index is 0.0999. The molecule has 29 heavy (non-hydrogen) atoms. The van der Waals surface area contributed by atoms with Crippen LogP contribution in [0.1, 0.15) is 23.1 Å². The van der Waals surface area contributed by atoms with Gasteiger partial charge >= 0.3 is 0 Å². The van der Waals surface area contributed by atoms with Crippen molar-refractivity contribution < 1.29 is 19.1 Å². The van der Waals surface area contributed by atoms with Gasteiger partial charge < -0.3 is 19.0 Å². The molecule has 0 bridgehead atoms. The molecule has 148 valence electrons. The Balaban J connectivity index is 1.57. The molecule has 0 spiro atoms. The zero-order chi connectivity index (χ0) is 20.2. The van der Waals surface area contributed by atoms with Crippen molar-refractivity contribution in [2.24, 2.45) is 0 Å². The first kappa shape index (κ1) is 18.9. The monoisotopic (exact) mass is 409 g/mol. The quantitative estimate of drug-likeness (QED) is 0.574. The van der Waals surface area contributed by atoms with Gasteiger partial charge in [0.2, 0.25) is 0 Å². The Kier molecular flexibility index (Phi) is 5.44. The van der Waals surface area contributed by atoms with Crippen LogP contribution in [0.5, 0.6) is 0 Å². The fourth-order valence-electron chi connectivity index (χ4n) is 3.35. The molecule has 4 heterocycles. The van der Waals surface area contributed by atoms with E-state index in [4.69, 9.17) is 4.42 Å². The fraction of sp³-hybridized carbons (Fsp3) is 0.190. The topological polar surface area (TPSA) is 88.6 Å². The van der Waals surface area contributed by atoms with Crippen LogP contribution in [0, 0.1) is 0 Å². The highest BCUT2D eigenvalue weighted by Crippen LogP contribution is 2.39. The third-order valence-electron chi connectivity index (χ3n) is 4.70. The number of amides is 1. The number of nitrogens with zero attached hydrogens (tertiary/aromatic N) is 3. The molecule has 1 amide bonds. The zero-order valence-electron chi connectivity index (χ0n) is 15.5. The van der Waals surface area contributed by atoms with Crippen molar-refractivity contribution in [2.75, 3.05) is 6.54 Å². The summed E-state index contributed by atoms with van der Waals surface area (Å²) in [7, 11) is 0. The van der Waals surface area contributed by atoms with Crippen molar-refractivity contribution in [3.8, 4) is 0 Å². The number of hydrogen-bond acceptors (Lipinski definition) is 6. The number of aryl methyl sites for hydroxylation is 1. The lowest BCUT2D eigenvalue weighted by molar-refractivity contribution is -0.129. The molecule has 0 radical (unpaired) electrons. The Hall–Kier alpha value is -3.39. The lowest BCUT2D eigenvalue weighted by Gasteiger charge is -2.25. The van der Waals surface area contributed by atoms with E-state index < -0.39 is 23.5 Å². The molecule has 0 saturated carbocycles. The molecule has 0 unspecified atom stereocenters. The number of imidazole rings is 1. The van der Waals surface area contributed by atoms with Crippen molar-refractivity contribution in [2.45, 2.75) is 19.0 Å². The molecular weight excluding hydrogens is 390 g/mol. The minimum atomic E-state index is -0.598. The number of aromatic nitrogens is 2. The van der Waals surface area contributed by atoms with Gasteiger partial charge in [0.15, 0.2) is 11.5 Å². The average Bonchev–Trinajstić information content (AvgIpc) is 3.51. The second kappa shape index (κ2) is 8.32. The summed E-state index contributed by atoms with van der Waals surface area (Å²) in [6.07, 6.45) is 10.3. The van der Waals surface area contributed by atoms with Gasteiger partial charge in [-0.15, -0.1) is 11.3 Å². The maximum atomic E-state index is 12.9. The van der Waals surface area contributed by atoms with Gasteiger partial charge in [-0.1, -0.05) is 6.07 Å². The average molecular weight is 409 g/mol. The molecule has 1 N–H and O–H groups in total. The summed E-state index contributed by atoms with van der Waals surface area (Å²) in [6, 6.07) is 6.57. The van der Waals surface area contributed by atoms with Crippen LogP contribution in [0.15, 0.2) is 76.5 Å². The summed E-state index contributed by atoms with van der Waals surface area (Å²) in [4.78, 5) is 32.0. The molecular formula is C21H19N3O4S. The summed E-state index contributed by atoms with van der Waals surface area (Å²) in [5.41, 5.74) is 0.0999. The molecule has 0 aromatic carbocycles. The number of allylic oxidation sites excluding steroid dienone is 1. The number of aliphatic hydroxyl groups is 1. The number of ketones is 1. The Morgan fingerprint density at radius 3 is 2.90 bits per heavy atom. The fourth-order valence-corrected chi connectivity index (χ4v) is 4.20. The van der Waals surface area contributed by atoms with E-state index in [0.29, 0.717) is 25.3 Å². The highest BCUT2D eigenvalue weighted by Gasteiger charge is 2.43. The third-order valence-corrected chi connectivity index (χ3v) is 5.62. The summed E-state index contributed by atoms with van der Waals surface area (Å²) in [5, 5.41) is 12.4. The maximum absolute atomic E-state index is 12.9. The van der Waals surface area contributed by atoms with Crippen LogP contribution < -0.4 is 0 Å². The number of rotatable bonds is 8. The smallest absolute Gasteiger partial charge is 0.290 e. The number of carbonyl (C=O) groups is 2. The van der Waals surface area contributed by atoms with Crippen LogP contribution in [0.25, 0.3) is 6.08 Å². The molecule has 1 aliphatic rings. The second-order valence-corrected chi connectivity index (χ2v) is 7.53. The van der Waals surface area contributed by atoms with E-state index in [0.717, 1.165) is 4.88 Å². The molecule has 8 heteroatoms. The Bertz CT molecular complexity index is 1030. The SMILES string of the molecule is O=C(/C=C/c1ccco1)C1=C(O)C(=O)N(CCCn2ccnc2)[C@@H]1c1cccs1. The molecule has 4 rings (SSSR count). The Morgan fingerprint density at radius 1 is 1.31 bits per heavy atom. The molecule has 3 aromatic heterocycles. The number of carbonyl (C=O) groups excluding carboxylic acids is 2. The van der Waals surface area contributed by atoms with Gasteiger partial charge in [0.1, 0.15) is 5.76 Å². The standard InChI is InChI=1S/C21H19N3O4S/c25-16(7-6-15-4-1-12-28-15)18-19(17-5-2-13-29-17)24(21(27)20(18)26)10-3-9-23-11-8-22-14-23/h1-2,4-8,11-14,19,26H,3,9-10H2/b7-6+/t19-/m1/s1. The van der Waals surface area contributed by atoms with Crippen LogP contribution >= 0.6 is 11.3 Å². The molecule has 0 fully saturated rings. The lowest BCUT2D eigenvalue weighted by Crippen LogP contribution is -2.32.